The second-order valence-corrected chi connectivity index (χ2v) is 23.6. The van der Waals surface area contributed by atoms with E-state index in [9.17, 15) is 0 Å². The molecule has 0 aliphatic carbocycles. The Morgan fingerprint density at radius 1 is 0.145 bits per heavy atom. The zero-order chi connectivity index (χ0) is 41.5. The Hall–Kier alpha value is -5.82. The van der Waals surface area contributed by atoms with E-state index in [-0.39, 0.29) is 0 Å². The van der Waals surface area contributed by atoms with Crippen molar-refractivity contribution in [3.8, 4) is 0 Å². The fourth-order valence-electron chi connectivity index (χ4n) is 8.50. The molecule has 0 aromatic heterocycles. The Balaban J connectivity index is 1.51. The molecule has 10 aromatic rings. The smallest absolute Gasteiger partial charge is 0.00292 e. The fraction of sp³-hybridized carbons (Fsp3) is 0. The SMILES string of the molecule is c1ccc(P(c2ccccc2)c2c(P(c3ccccc3)c3ccccc3)c(P(c3ccccc3)c3ccccc3)c3ccccc3c2P(c2ccccc2)c2ccccc2)cc1. The number of benzene rings is 10. The quantitative estimate of drug-likeness (QED) is 0.107. The van der Waals surface area contributed by atoms with Gasteiger partial charge in [0.1, 0.15) is 0 Å². The van der Waals surface area contributed by atoms with Gasteiger partial charge in [-0.25, -0.2) is 0 Å². The Kier molecular flexibility index (Phi) is 12.4. The van der Waals surface area contributed by atoms with Gasteiger partial charge >= 0.3 is 0 Å². The first-order valence-electron chi connectivity index (χ1n) is 21.0. The molecule has 0 saturated heterocycles. The van der Waals surface area contributed by atoms with Crippen LogP contribution in [-0.4, -0.2) is 0 Å². The molecule has 0 heterocycles. The highest BCUT2D eigenvalue weighted by Crippen LogP contribution is 2.47. The van der Waals surface area contributed by atoms with Crippen LogP contribution in [0, 0.1) is 0 Å². The van der Waals surface area contributed by atoms with Gasteiger partial charge in [0.15, 0.2) is 0 Å². The summed E-state index contributed by atoms with van der Waals surface area (Å²) >= 11 is 0. The molecule has 0 amide bonds. The van der Waals surface area contributed by atoms with Gasteiger partial charge in [-0.05, 0) is 84.9 Å². The van der Waals surface area contributed by atoms with Crippen LogP contribution >= 0.6 is 31.7 Å². The third kappa shape index (κ3) is 8.14. The summed E-state index contributed by atoms with van der Waals surface area (Å²) in [5.41, 5.74) is 0. The molecular weight excluding hydrogens is 821 g/mol. The first kappa shape index (κ1) is 40.3. The minimum atomic E-state index is -1.12. The van der Waals surface area contributed by atoms with Crippen LogP contribution < -0.4 is 63.7 Å². The summed E-state index contributed by atoms with van der Waals surface area (Å²) in [4.78, 5) is 0. The molecular formula is C58H44P4. The van der Waals surface area contributed by atoms with Gasteiger partial charge in [-0.15, -0.1) is 0 Å². The van der Waals surface area contributed by atoms with Crippen molar-refractivity contribution in [1.29, 1.82) is 0 Å². The van der Waals surface area contributed by atoms with Gasteiger partial charge in [-0.1, -0.05) is 267 Å². The van der Waals surface area contributed by atoms with E-state index in [1.165, 1.54) is 74.4 Å². The number of fused-ring (bicyclic) bond motifs is 1. The van der Waals surface area contributed by atoms with Crippen LogP contribution in [0.4, 0.5) is 0 Å². The van der Waals surface area contributed by atoms with E-state index in [1.54, 1.807) is 0 Å². The Morgan fingerprint density at radius 2 is 0.290 bits per heavy atom. The van der Waals surface area contributed by atoms with Crippen LogP contribution in [-0.2, 0) is 0 Å². The Morgan fingerprint density at radius 3 is 0.468 bits per heavy atom. The highest BCUT2D eigenvalue weighted by molar-refractivity contribution is 7.90. The molecule has 0 aliphatic rings. The molecule has 0 fully saturated rings. The van der Waals surface area contributed by atoms with Gasteiger partial charge < -0.3 is 0 Å². The highest BCUT2D eigenvalue weighted by Gasteiger charge is 2.38. The molecule has 0 bridgehead atoms. The predicted molar refractivity (Wildman–Crippen MR) is 279 cm³/mol. The largest absolute Gasteiger partial charge is 0.0622 e. The van der Waals surface area contributed by atoms with Crippen molar-refractivity contribution in [2.45, 2.75) is 0 Å². The topological polar surface area (TPSA) is 0 Å². The van der Waals surface area contributed by atoms with Gasteiger partial charge in [0.05, 0.1) is 0 Å². The molecule has 62 heavy (non-hydrogen) atoms. The number of hydrogen-bond donors (Lipinski definition) is 0. The van der Waals surface area contributed by atoms with Crippen molar-refractivity contribution >= 4 is 106 Å². The van der Waals surface area contributed by atoms with Crippen LogP contribution in [0.3, 0.4) is 0 Å². The lowest BCUT2D eigenvalue weighted by atomic mass is 10.1. The third-order valence-corrected chi connectivity index (χ3v) is 21.8. The normalized spacial score (nSPS) is 11.5. The van der Waals surface area contributed by atoms with E-state index >= 15 is 0 Å². The van der Waals surface area contributed by atoms with E-state index in [0.29, 0.717) is 0 Å². The van der Waals surface area contributed by atoms with E-state index in [2.05, 4.69) is 267 Å². The summed E-state index contributed by atoms with van der Waals surface area (Å²) in [6.45, 7) is 0. The van der Waals surface area contributed by atoms with E-state index < -0.39 is 31.7 Å². The van der Waals surface area contributed by atoms with E-state index in [1.807, 2.05) is 0 Å². The van der Waals surface area contributed by atoms with Gasteiger partial charge in [-0.2, -0.15) is 0 Å². The molecule has 0 radical (unpaired) electrons. The van der Waals surface area contributed by atoms with E-state index in [4.69, 9.17) is 0 Å². The zero-order valence-electron chi connectivity index (χ0n) is 34.2. The summed E-state index contributed by atoms with van der Waals surface area (Å²) in [6, 6.07) is 101. The Labute approximate surface area is 371 Å². The summed E-state index contributed by atoms with van der Waals surface area (Å²) in [5.74, 6) is 0. The maximum Gasteiger partial charge on any atom is 0.00292 e. The standard InChI is InChI=1S/C58H44P4/c1-9-27-45(28-10-1)59(46-29-11-2-12-30-46)55-53-43-25-26-44-54(53)56(60(47-31-13-3-14-32-47)48-33-15-4-16-34-48)58(62(51-39-21-7-22-40-51)52-41-23-8-24-42-52)57(55)61(49-35-17-5-18-36-49)50-37-19-6-20-38-50/h1-44H. The monoisotopic (exact) mass is 864 g/mol. The van der Waals surface area contributed by atoms with Gasteiger partial charge in [-0.3, -0.25) is 0 Å². The lowest BCUT2D eigenvalue weighted by Gasteiger charge is -2.37. The van der Waals surface area contributed by atoms with Crippen molar-refractivity contribution < 1.29 is 0 Å². The average molecular weight is 865 g/mol. The molecule has 10 aromatic carbocycles. The molecule has 0 atom stereocenters. The average Bonchev–Trinajstić information content (AvgIpc) is 3.36. The third-order valence-electron chi connectivity index (χ3n) is 11.1. The van der Waals surface area contributed by atoms with Crippen LogP contribution in [0.25, 0.3) is 10.8 Å². The second-order valence-electron chi connectivity index (χ2n) is 15.0. The van der Waals surface area contributed by atoms with Gasteiger partial charge in [0, 0.05) is 21.2 Å². The zero-order valence-corrected chi connectivity index (χ0v) is 37.8. The molecule has 0 saturated carbocycles. The minimum Gasteiger partial charge on any atom is -0.0622 e. The summed E-state index contributed by atoms with van der Waals surface area (Å²) in [7, 11) is -4.38. The Bertz CT molecular complexity index is 2620. The van der Waals surface area contributed by atoms with Crippen molar-refractivity contribution in [2.75, 3.05) is 0 Å². The van der Waals surface area contributed by atoms with Crippen LogP contribution in [0.2, 0.25) is 0 Å². The van der Waals surface area contributed by atoms with E-state index in [0.717, 1.165) is 0 Å². The van der Waals surface area contributed by atoms with Crippen LogP contribution in [0.5, 0.6) is 0 Å². The predicted octanol–water partition coefficient (Wildman–Crippen LogP) is 9.87. The first-order chi connectivity index (χ1) is 30.8. The van der Waals surface area contributed by atoms with Crippen molar-refractivity contribution in [3.63, 3.8) is 0 Å². The molecule has 0 nitrogen and oxygen atoms in total. The first-order valence-corrected chi connectivity index (χ1v) is 26.4. The fourth-order valence-corrected chi connectivity index (χ4v) is 20.3. The maximum absolute atomic E-state index is 2.45. The van der Waals surface area contributed by atoms with Gasteiger partial charge in [0.2, 0.25) is 0 Å². The lowest BCUT2D eigenvalue weighted by Crippen LogP contribution is -2.51. The summed E-state index contributed by atoms with van der Waals surface area (Å²) < 4.78 is 0. The summed E-state index contributed by atoms with van der Waals surface area (Å²) in [5, 5.41) is 19.4. The molecule has 0 unspecified atom stereocenters. The van der Waals surface area contributed by atoms with Crippen LogP contribution in [0.1, 0.15) is 0 Å². The summed E-state index contributed by atoms with van der Waals surface area (Å²) in [6.07, 6.45) is 0. The lowest BCUT2D eigenvalue weighted by molar-refractivity contribution is 1.74. The number of rotatable bonds is 12. The van der Waals surface area contributed by atoms with Crippen LogP contribution in [0.15, 0.2) is 267 Å². The number of hydrogen-bond acceptors (Lipinski definition) is 0. The maximum atomic E-state index is 2.45. The molecule has 0 spiro atoms. The minimum absolute atomic E-state index is 1.06. The van der Waals surface area contributed by atoms with Crippen molar-refractivity contribution in [1.82, 2.24) is 0 Å². The second kappa shape index (κ2) is 19.1. The molecule has 296 valence electrons. The molecule has 0 aliphatic heterocycles. The molecule has 10 rings (SSSR count). The molecule has 4 heteroatoms. The van der Waals surface area contributed by atoms with Crippen molar-refractivity contribution in [3.05, 3.63) is 267 Å². The highest BCUT2D eigenvalue weighted by atomic mass is 31.1. The van der Waals surface area contributed by atoms with Gasteiger partial charge in [0.25, 0.3) is 0 Å². The molecule has 0 N–H and O–H groups in total. The van der Waals surface area contributed by atoms with Crippen molar-refractivity contribution in [2.24, 2.45) is 0 Å².